The molecule has 3 rings (SSSR count). The van der Waals surface area contributed by atoms with E-state index in [0.717, 1.165) is 11.4 Å². The lowest BCUT2D eigenvalue weighted by atomic mass is 10.1. The van der Waals surface area contributed by atoms with E-state index in [1.807, 2.05) is 18.2 Å². The number of methoxy groups -OCH3 is 1. The van der Waals surface area contributed by atoms with Crippen LogP contribution in [0.4, 0.5) is 11.4 Å². The molecule has 5 nitrogen and oxygen atoms in total. The minimum Gasteiger partial charge on any atom is -0.497 e. The lowest BCUT2D eigenvalue weighted by Crippen LogP contribution is -2.13. The quantitative estimate of drug-likeness (QED) is 0.688. The van der Waals surface area contributed by atoms with Gasteiger partial charge in [0, 0.05) is 24.1 Å². The van der Waals surface area contributed by atoms with Crippen LogP contribution in [0.15, 0.2) is 73.1 Å². The lowest BCUT2D eigenvalue weighted by molar-refractivity contribution is 0.102. The molecule has 0 fully saturated rings. The molecule has 132 valence electrons. The molecule has 0 radical (unpaired) electrons. The summed E-state index contributed by atoms with van der Waals surface area (Å²) in [7, 11) is 1.61. The average molecular weight is 347 g/mol. The average Bonchev–Trinajstić information content (AvgIpc) is 2.69. The molecular weight excluding hydrogens is 326 g/mol. The second-order valence-corrected chi connectivity index (χ2v) is 5.92. The van der Waals surface area contributed by atoms with E-state index < -0.39 is 0 Å². The molecule has 0 spiro atoms. The van der Waals surface area contributed by atoms with Crippen molar-refractivity contribution in [2.24, 2.45) is 0 Å². The number of ether oxygens (including phenoxy) is 1. The van der Waals surface area contributed by atoms with E-state index in [0.29, 0.717) is 11.3 Å². The van der Waals surface area contributed by atoms with Crippen LogP contribution < -0.4 is 15.4 Å². The molecule has 26 heavy (non-hydrogen) atoms. The van der Waals surface area contributed by atoms with Crippen molar-refractivity contribution < 1.29 is 9.53 Å². The highest BCUT2D eigenvalue weighted by atomic mass is 16.5. The number of carbonyl (C=O) groups excluding carboxylic acids is 1. The van der Waals surface area contributed by atoms with Crippen LogP contribution in [0.25, 0.3) is 0 Å². The summed E-state index contributed by atoms with van der Waals surface area (Å²) < 4.78 is 5.12. The largest absolute Gasteiger partial charge is 0.497 e. The Balaban J connectivity index is 1.68. The Bertz CT molecular complexity index is 864. The van der Waals surface area contributed by atoms with Gasteiger partial charge in [0.2, 0.25) is 0 Å². The maximum atomic E-state index is 12.5. The van der Waals surface area contributed by atoms with E-state index in [1.165, 1.54) is 5.56 Å². The third kappa shape index (κ3) is 4.39. The molecule has 0 saturated heterocycles. The first kappa shape index (κ1) is 17.5. The maximum Gasteiger partial charge on any atom is 0.257 e. The van der Waals surface area contributed by atoms with Crippen molar-refractivity contribution in [3.63, 3.8) is 0 Å². The number of pyridine rings is 1. The van der Waals surface area contributed by atoms with Crippen molar-refractivity contribution in [2.75, 3.05) is 17.7 Å². The number of benzene rings is 2. The minimum atomic E-state index is -0.210. The first-order chi connectivity index (χ1) is 12.7. The van der Waals surface area contributed by atoms with Gasteiger partial charge in [0.05, 0.1) is 18.4 Å². The molecule has 1 amide bonds. The third-order valence-corrected chi connectivity index (χ3v) is 4.03. The smallest absolute Gasteiger partial charge is 0.257 e. The lowest BCUT2D eigenvalue weighted by Gasteiger charge is -2.16. The molecule has 1 unspecified atom stereocenters. The Morgan fingerprint density at radius 3 is 2.42 bits per heavy atom. The number of aromatic nitrogens is 1. The van der Waals surface area contributed by atoms with Crippen molar-refractivity contribution >= 4 is 17.3 Å². The Hall–Kier alpha value is -3.34. The minimum absolute atomic E-state index is 0.109. The van der Waals surface area contributed by atoms with Gasteiger partial charge in [0.1, 0.15) is 5.75 Å². The van der Waals surface area contributed by atoms with Gasteiger partial charge in [0.15, 0.2) is 0 Å². The van der Waals surface area contributed by atoms with Crippen molar-refractivity contribution in [1.82, 2.24) is 4.98 Å². The number of carbonyl (C=O) groups is 1. The van der Waals surface area contributed by atoms with Crippen LogP contribution in [0.2, 0.25) is 0 Å². The van der Waals surface area contributed by atoms with Crippen LogP contribution in [0.1, 0.15) is 28.9 Å². The van der Waals surface area contributed by atoms with Gasteiger partial charge in [-0.3, -0.25) is 9.78 Å². The molecule has 1 aromatic heterocycles. The predicted octanol–water partition coefficient (Wildman–Crippen LogP) is 4.52. The van der Waals surface area contributed by atoms with Crippen LogP contribution in [0.5, 0.6) is 5.75 Å². The van der Waals surface area contributed by atoms with Gasteiger partial charge >= 0.3 is 0 Å². The highest BCUT2D eigenvalue weighted by Gasteiger charge is 2.10. The number of amides is 1. The van der Waals surface area contributed by atoms with Crippen molar-refractivity contribution in [2.45, 2.75) is 13.0 Å². The molecular formula is C21H21N3O2. The van der Waals surface area contributed by atoms with Gasteiger partial charge in [-0.2, -0.15) is 0 Å². The molecule has 1 heterocycles. The van der Waals surface area contributed by atoms with E-state index in [2.05, 4.69) is 34.7 Å². The van der Waals surface area contributed by atoms with Crippen LogP contribution in [-0.4, -0.2) is 18.0 Å². The van der Waals surface area contributed by atoms with Crippen LogP contribution in [-0.2, 0) is 0 Å². The number of rotatable bonds is 6. The number of hydrogen-bond donors (Lipinski definition) is 2. The van der Waals surface area contributed by atoms with Crippen molar-refractivity contribution in [1.29, 1.82) is 0 Å². The predicted molar refractivity (Wildman–Crippen MR) is 104 cm³/mol. The second kappa shape index (κ2) is 8.16. The molecule has 0 aliphatic carbocycles. The summed E-state index contributed by atoms with van der Waals surface area (Å²) in [6.07, 6.45) is 3.26. The molecule has 3 aromatic rings. The molecule has 1 atom stereocenters. The molecule has 5 heteroatoms. The van der Waals surface area contributed by atoms with E-state index in [-0.39, 0.29) is 11.9 Å². The monoisotopic (exact) mass is 347 g/mol. The Morgan fingerprint density at radius 2 is 1.73 bits per heavy atom. The number of anilines is 2. The summed E-state index contributed by atoms with van der Waals surface area (Å²) in [5, 5.41) is 6.23. The van der Waals surface area contributed by atoms with Crippen LogP contribution in [0, 0.1) is 0 Å². The van der Waals surface area contributed by atoms with Gasteiger partial charge in [-0.15, -0.1) is 0 Å². The Labute approximate surface area is 153 Å². The molecule has 0 saturated carbocycles. The Kier molecular flexibility index (Phi) is 5.49. The Morgan fingerprint density at radius 1 is 1.00 bits per heavy atom. The summed E-state index contributed by atoms with van der Waals surface area (Å²) in [5.74, 6) is 0.532. The normalized spacial score (nSPS) is 11.5. The van der Waals surface area contributed by atoms with E-state index in [9.17, 15) is 4.79 Å². The number of hydrogen-bond acceptors (Lipinski definition) is 4. The van der Waals surface area contributed by atoms with Crippen LogP contribution in [0.3, 0.4) is 0 Å². The first-order valence-electron chi connectivity index (χ1n) is 8.37. The van der Waals surface area contributed by atoms with Crippen LogP contribution >= 0.6 is 0 Å². The third-order valence-electron chi connectivity index (χ3n) is 4.03. The van der Waals surface area contributed by atoms with Gasteiger partial charge in [-0.1, -0.05) is 30.3 Å². The zero-order valence-corrected chi connectivity index (χ0v) is 14.8. The zero-order chi connectivity index (χ0) is 18.4. The molecule has 0 bridgehead atoms. The highest BCUT2D eigenvalue weighted by Crippen LogP contribution is 2.20. The topological polar surface area (TPSA) is 63.2 Å². The fourth-order valence-corrected chi connectivity index (χ4v) is 2.60. The maximum absolute atomic E-state index is 12.5. The molecule has 0 aliphatic rings. The summed E-state index contributed by atoms with van der Waals surface area (Å²) in [4.78, 5) is 16.6. The summed E-state index contributed by atoms with van der Waals surface area (Å²) in [5.41, 5.74) is 3.15. The number of nitrogens with one attached hydrogen (secondary N) is 2. The van der Waals surface area contributed by atoms with E-state index in [1.54, 1.807) is 49.8 Å². The summed E-state index contributed by atoms with van der Waals surface area (Å²) >= 11 is 0. The SMILES string of the molecule is COc1ccc(NC(=O)c2cncc(NC(C)c3ccccc3)c2)cc1. The van der Waals surface area contributed by atoms with Crippen molar-refractivity contribution in [3.05, 3.63) is 84.2 Å². The van der Waals surface area contributed by atoms with Gasteiger partial charge in [-0.05, 0) is 42.8 Å². The summed E-state index contributed by atoms with van der Waals surface area (Å²) in [6, 6.07) is 19.2. The summed E-state index contributed by atoms with van der Waals surface area (Å²) in [6.45, 7) is 2.07. The fraction of sp³-hybridized carbons (Fsp3) is 0.143. The van der Waals surface area contributed by atoms with Crippen molar-refractivity contribution in [3.8, 4) is 5.75 Å². The van der Waals surface area contributed by atoms with Gasteiger partial charge < -0.3 is 15.4 Å². The van der Waals surface area contributed by atoms with E-state index >= 15 is 0 Å². The van der Waals surface area contributed by atoms with Gasteiger partial charge in [0.25, 0.3) is 5.91 Å². The zero-order valence-electron chi connectivity index (χ0n) is 14.8. The second-order valence-electron chi connectivity index (χ2n) is 5.92. The highest BCUT2D eigenvalue weighted by molar-refractivity contribution is 6.04. The molecule has 2 N–H and O–H groups in total. The first-order valence-corrected chi connectivity index (χ1v) is 8.37. The number of nitrogens with zero attached hydrogens (tertiary/aromatic N) is 1. The molecule has 2 aromatic carbocycles. The molecule has 0 aliphatic heterocycles. The van der Waals surface area contributed by atoms with Gasteiger partial charge in [-0.25, -0.2) is 0 Å². The fourth-order valence-electron chi connectivity index (χ4n) is 2.60. The van der Waals surface area contributed by atoms with E-state index in [4.69, 9.17) is 4.74 Å². The standard InChI is InChI=1S/C21H21N3O2/c1-15(16-6-4-3-5-7-16)23-19-12-17(13-22-14-19)21(25)24-18-8-10-20(26-2)11-9-18/h3-15,23H,1-2H3,(H,24,25).